The molecule has 0 spiro atoms. The molecule has 1 fully saturated rings. The summed E-state index contributed by atoms with van der Waals surface area (Å²) in [6.07, 6.45) is -1.75. The largest absolute Gasteiger partial charge is 0.573 e. The summed E-state index contributed by atoms with van der Waals surface area (Å²) in [6.45, 7) is 0. The van der Waals surface area contributed by atoms with Crippen LogP contribution in [0.3, 0.4) is 0 Å². The second kappa shape index (κ2) is 4.15. The van der Waals surface area contributed by atoms with Crippen LogP contribution >= 0.6 is 0 Å². The lowest BCUT2D eigenvalue weighted by atomic mass is 9.73. The van der Waals surface area contributed by atoms with E-state index in [-0.39, 0.29) is 23.5 Å². The maximum Gasteiger partial charge on any atom is 0.573 e. The van der Waals surface area contributed by atoms with Crippen LogP contribution in [0.15, 0.2) is 18.2 Å². The van der Waals surface area contributed by atoms with Gasteiger partial charge in [0.2, 0.25) is 5.91 Å². The van der Waals surface area contributed by atoms with Crippen LogP contribution in [-0.2, 0) is 4.79 Å². The lowest BCUT2D eigenvalue weighted by molar-refractivity contribution is -0.274. The summed E-state index contributed by atoms with van der Waals surface area (Å²) in [7, 11) is 0. The highest BCUT2D eigenvalue weighted by atomic mass is 19.4. The molecule has 0 bridgehead atoms. The van der Waals surface area contributed by atoms with E-state index in [9.17, 15) is 18.0 Å². The van der Waals surface area contributed by atoms with Crippen LogP contribution in [0.25, 0.3) is 0 Å². The topological polar surface area (TPSA) is 38.3 Å². The van der Waals surface area contributed by atoms with E-state index in [1.165, 1.54) is 18.2 Å². The Kier molecular flexibility index (Phi) is 2.69. The summed E-state index contributed by atoms with van der Waals surface area (Å²) in [6, 6.07) is 4.01. The molecule has 1 aliphatic carbocycles. The van der Waals surface area contributed by atoms with Gasteiger partial charge >= 0.3 is 6.36 Å². The smallest absolute Gasteiger partial charge is 0.406 e. The molecule has 19 heavy (non-hydrogen) atoms. The Morgan fingerprint density at radius 3 is 2.58 bits per heavy atom. The normalized spacial score (nSPS) is 22.7. The average Bonchev–Trinajstić information content (AvgIpc) is 2.51. The van der Waals surface area contributed by atoms with Gasteiger partial charge < -0.3 is 10.1 Å². The number of hydrogen-bond acceptors (Lipinski definition) is 2. The van der Waals surface area contributed by atoms with Gasteiger partial charge in [-0.15, -0.1) is 13.2 Å². The molecule has 0 aromatic heterocycles. The molecule has 1 aromatic carbocycles. The molecule has 1 aromatic rings. The zero-order chi connectivity index (χ0) is 13.6. The van der Waals surface area contributed by atoms with Crippen LogP contribution in [0.5, 0.6) is 5.75 Å². The van der Waals surface area contributed by atoms with E-state index >= 15 is 0 Å². The minimum absolute atomic E-state index is 0.121. The predicted octanol–water partition coefficient (Wildman–Crippen LogP) is 3.42. The highest BCUT2D eigenvalue weighted by Crippen LogP contribution is 2.46. The summed E-state index contributed by atoms with van der Waals surface area (Å²) < 4.78 is 40.5. The van der Waals surface area contributed by atoms with Gasteiger partial charge in [0.1, 0.15) is 5.75 Å². The summed E-state index contributed by atoms with van der Waals surface area (Å²) in [4.78, 5) is 11.9. The summed E-state index contributed by atoms with van der Waals surface area (Å²) in [5, 5.41) is 2.71. The Labute approximate surface area is 107 Å². The van der Waals surface area contributed by atoms with Crippen molar-refractivity contribution in [2.75, 3.05) is 5.32 Å². The first-order valence-electron chi connectivity index (χ1n) is 6.14. The Balaban J connectivity index is 1.91. The number of rotatable bonds is 2. The highest BCUT2D eigenvalue weighted by molar-refractivity contribution is 6.03. The van der Waals surface area contributed by atoms with Gasteiger partial charge in [-0.05, 0) is 42.5 Å². The quantitative estimate of drug-likeness (QED) is 0.895. The SMILES string of the molecule is O=C1Nc2ccc(OC(F)(F)F)cc2C1C1CCC1. The zero-order valence-electron chi connectivity index (χ0n) is 9.96. The van der Waals surface area contributed by atoms with Crippen molar-refractivity contribution < 1.29 is 22.7 Å². The van der Waals surface area contributed by atoms with Crippen LogP contribution in [-0.4, -0.2) is 12.3 Å². The Hall–Kier alpha value is -1.72. The first-order chi connectivity index (χ1) is 8.94. The maximum absolute atomic E-state index is 12.2. The molecule has 2 aliphatic rings. The molecule has 1 N–H and O–H groups in total. The van der Waals surface area contributed by atoms with E-state index in [0.717, 1.165) is 19.3 Å². The van der Waals surface area contributed by atoms with E-state index < -0.39 is 6.36 Å². The van der Waals surface area contributed by atoms with E-state index in [4.69, 9.17) is 0 Å². The number of ether oxygens (including phenoxy) is 1. The number of nitrogens with one attached hydrogen (secondary N) is 1. The van der Waals surface area contributed by atoms with Crippen molar-refractivity contribution in [2.24, 2.45) is 5.92 Å². The van der Waals surface area contributed by atoms with Crippen molar-refractivity contribution in [3.63, 3.8) is 0 Å². The van der Waals surface area contributed by atoms with Crippen LogP contribution in [0.1, 0.15) is 30.7 Å². The number of hydrogen-bond donors (Lipinski definition) is 1. The number of alkyl halides is 3. The van der Waals surface area contributed by atoms with Crippen molar-refractivity contribution in [2.45, 2.75) is 31.5 Å². The summed E-state index contributed by atoms with van der Waals surface area (Å²) in [5.74, 6) is -0.487. The number of carbonyl (C=O) groups excluding carboxylic acids is 1. The minimum atomic E-state index is -4.71. The van der Waals surface area contributed by atoms with E-state index in [0.29, 0.717) is 11.3 Å². The van der Waals surface area contributed by atoms with Crippen molar-refractivity contribution >= 4 is 11.6 Å². The Morgan fingerprint density at radius 1 is 1.26 bits per heavy atom. The second-order valence-electron chi connectivity index (χ2n) is 4.95. The lowest BCUT2D eigenvalue weighted by Crippen LogP contribution is -2.26. The molecule has 1 amide bonds. The van der Waals surface area contributed by atoms with Gasteiger partial charge in [0, 0.05) is 5.69 Å². The van der Waals surface area contributed by atoms with Crippen LogP contribution in [0.2, 0.25) is 0 Å². The predicted molar refractivity (Wildman–Crippen MR) is 61.8 cm³/mol. The van der Waals surface area contributed by atoms with Gasteiger partial charge in [0.05, 0.1) is 5.92 Å². The van der Waals surface area contributed by atoms with Gasteiger partial charge in [0.15, 0.2) is 0 Å². The van der Waals surface area contributed by atoms with Crippen molar-refractivity contribution in [3.8, 4) is 5.75 Å². The standard InChI is InChI=1S/C13H12F3NO2/c14-13(15,16)19-8-4-5-10-9(6-8)11(12(18)17-10)7-2-1-3-7/h4-7,11H,1-3H2,(H,17,18). The molecular weight excluding hydrogens is 259 g/mol. The monoisotopic (exact) mass is 271 g/mol. The fourth-order valence-corrected chi connectivity index (χ4v) is 2.70. The fraction of sp³-hybridized carbons (Fsp3) is 0.462. The minimum Gasteiger partial charge on any atom is -0.406 e. The molecule has 6 heteroatoms. The van der Waals surface area contributed by atoms with Crippen molar-refractivity contribution in [1.29, 1.82) is 0 Å². The van der Waals surface area contributed by atoms with Gasteiger partial charge in [-0.25, -0.2) is 0 Å². The molecule has 1 aliphatic heterocycles. The Bertz CT molecular complexity index is 523. The zero-order valence-corrected chi connectivity index (χ0v) is 9.96. The first kappa shape index (κ1) is 12.3. The van der Waals surface area contributed by atoms with Crippen LogP contribution in [0.4, 0.5) is 18.9 Å². The average molecular weight is 271 g/mol. The summed E-state index contributed by atoms with van der Waals surface area (Å²) >= 11 is 0. The van der Waals surface area contributed by atoms with Gasteiger partial charge in [-0.3, -0.25) is 4.79 Å². The van der Waals surface area contributed by atoms with Crippen LogP contribution < -0.4 is 10.1 Å². The maximum atomic E-state index is 12.2. The number of benzene rings is 1. The number of amides is 1. The summed E-state index contributed by atoms with van der Waals surface area (Å²) in [5.41, 5.74) is 1.22. The molecule has 1 saturated carbocycles. The third kappa shape index (κ3) is 2.27. The fourth-order valence-electron chi connectivity index (χ4n) is 2.70. The van der Waals surface area contributed by atoms with Crippen LogP contribution in [0, 0.1) is 5.92 Å². The Morgan fingerprint density at radius 2 is 2.00 bits per heavy atom. The third-order valence-electron chi connectivity index (χ3n) is 3.75. The van der Waals surface area contributed by atoms with Crippen molar-refractivity contribution in [1.82, 2.24) is 0 Å². The van der Waals surface area contributed by atoms with Crippen molar-refractivity contribution in [3.05, 3.63) is 23.8 Å². The number of anilines is 1. The third-order valence-corrected chi connectivity index (χ3v) is 3.75. The van der Waals surface area contributed by atoms with E-state index in [1.54, 1.807) is 0 Å². The lowest BCUT2D eigenvalue weighted by Gasteiger charge is -2.30. The highest BCUT2D eigenvalue weighted by Gasteiger charge is 2.40. The molecule has 1 unspecified atom stereocenters. The van der Waals surface area contributed by atoms with Gasteiger partial charge in [-0.2, -0.15) is 0 Å². The second-order valence-corrected chi connectivity index (χ2v) is 4.95. The molecule has 3 rings (SSSR count). The molecule has 102 valence electrons. The van der Waals surface area contributed by atoms with Gasteiger partial charge in [0.25, 0.3) is 0 Å². The number of halogens is 3. The molecule has 1 heterocycles. The first-order valence-corrected chi connectivity index (χ1v) is 6.14. The van der Waals surface area contributed by atoms with Gasteiger partial charge in [-0.1, -0.05) is 6.42 Å². The molecule has 1 atom stereocenters. The van der Waals surface area contributed by atoms with E-state index in [2.05, 4.69) is 10.1 Å². The van der Waals surface area contributed by atoms with E-state index in [1.807, 2.05) is 0 Å². The molecule has 3 nitrogen and oxygen atoms in total. The molecule has 0 radical (unpaired) electrons. The molecule has 0 saturated heterocycles. The number of carbonyl (C=O) groups is 1. The number of fused-ring (bicyclic) bond motifs is 1. The molecular formula is C13H12F3NO2.